The highest BCUT2D eigenvalue weighted by Gasteiger charge is 2.22. The first kappa shape index (κ1) is 12.3. The molecule has 0 spiro atoms. The molecule has 0 fully saturated rings. The summed E-state index contributed by atoms with van der Waals surface area (Å²) in [6.45, 7) is 5.97. The van der Waals surface area contributed by atoms with Crippen molar-refractivity contribution < 1.29 is 9.32 Å². The molecule has 1 heterocycles. The summed E-state index contributed by atoms with van der Waals surface area (Å²) in [5, 5.41) is 3.92. The van der Waals surface area contributed by atoms with Gasteiger partial charge in [0.05, 0.1) is 0 Å². The van der Waals surface area contributed by atoms with E-state index in [4.69, 9.17) is 10.3 Å². The van der Waals surface area contributed by atoms with Crippen LogP contribution < -0.4 is 5.73 Å². The van der Waals surface area contributed by atoms with E-state index in [9.17, 15) is 4.79 Å². The summed E-state index contributed by atoms with van der Waals surface area (Å²) in [6, 6.07) is 6.85. The van der Waals surface area contributed by atoms with Crippen molar-refractivity contribution in [3.8, 4) is 11.4 Å². The Kier molecular flexibility index (Phi) is 2.90. The summed E-state index contributed by atoms with van der Waals surface area (Å²) in [5.41, 5.74) is 6.17. The number of rotatable bonds is 2. The first-order chi connectivity index (χ1) is 8.38. The fraction of sp³-hybridized carbons (Fsp3) is 0.308. The lowest BCUT2D eigenvalue weighted by molar-refractivity contribution is 0.100. The first-order valence-corrected chi connectivity index (χ1v) is 5.62. The molecule has 18 heavy (non-hydrogen) atoms. The second-order valence-electron chi connectivity index (χ2n) is 5.12. The van der Waals surface area contributed by atoms with Crippen LogP contribution in [-0.2, 0) is 5.41 Å². The number of nitrogens with two attached hydrogens (primary N) is 1. The summed E-state index contributed by atoms with van der Waals surface area (Å²) in [7, 11) is 0. The molecule has 0 aliphatic rings. The van der Waals surface area contributed by atoms with Gasteiger partial charge < -0.3 is 10.3 Å². The average molecular weight is 245 g/mol. The zero-order valence-corrected chi connectivity index (χ0v) is 10.6. The van der Waals surface area contributed by atoms with Crippen molar-refractivity contribution in [2.45, 2.75) is 26.2 Å². The van der Waals surface area contributed by atoms with Crippen LogP contribution in [0, 0.1) is 0 Å². The number of benzene rings is 1. The third-order valence-electron chi connectivity index (χ3n) is 2.47. The van der Waals surface area contributed by atoms with Crippen molar-refractivity contribution in [1.29, 1.82) is 0 Å². The Morgan fingerprint density at radius 1 is 1.33 bits per heavy atom. The highest BCUT2D eigenvalue weighted by molar-refractivity contribution is 5.93. The van der Waals surface area contributed by atoms with Crippen LogP contribution in [0.1, 0.15) is 37.0 Å². The van der Waals surface area contributed by atoms with Crippen molar-refractivity contribution >= 4 is 5.91 Å². The monoisotopic (exact) mass is 245 g/mol. The summed E-state index contributed by atoms with van der Waals surface area (Å²) in [6.07, 6.45) is 0. The Labute approximate surface area is 105 Å². The Hall–Kier alpha value is -2.17. The molecule has 2 N–H and O–H groups in total. The van der Waals surface area contributed by atoms with Crippen LogP contribution in [0.25, 0.3) is 11.4 Å². The van der Waals surface area contributed by atoms with Gasteiger partial charge in [-0.2, -0.15) is 4.98 Å². The van der Waals surface area contributed by atoms with Crippen LogP contribution in [0.15, 0.2) is 28.8 Å². The van der Waals surface area contributed by atoms with Gasteiger partial charge in [0.15, 0.2) is 0 Å². The third kappa shape index (κ3) is 2.40. The number of primary amides is 1. The Balaban J connectivity index is 2.40. The highest BCUT2D eigenvalue weighted by Crippen LogP contribution is 2.24. The number of nitrogens with zero attached hydrogens (tertiary/aromatic N) is 2. The van der Waals surface area contributed by atoms with Gasteiger partial charge in [-0.25, -0.2) is 0 Å². The van der Waals surface area contributed by atoms with Crippen LogP contribution in [-0.4, -0.2) is 16.0 Å². The zero-order valence-electron chi connectivity index (χ0n) is 10.6. The molecule has 2 aromatic rings. The van der Waals surface area contributed by atoms with Crippen LogP contribution in [0.2, 0.25) is 0 Å². The zero-order chi connectivity index (χ0) is 13.3. The van der Waals surface area contributed by atoms with Gasteiger partial charge >= 0.3 is 0 Å². The maximum absolute atomic E-state index is 11.1. The van der Waals surface area contributed by atoms with E-state index in [1.165, 1.54) is 0 Å². The summed E-state index contributed by atoms with van der Waals surface area (Å²) < 4.78 is 5.21. The molecule has 0 atom stereocenters. The molecule has 1 aromatic carbocycles. The van der Waals surface area contributed by atoms with Gasteiger partial charge in [-0.1, -0.05) is 38.1 Å². The third-order valence-corrected chi connectivity index (χ3v) is 2.47. The molecule has 94 valence electrons. The molecule has 0 bridgehead atoms. The van der Waals surface area contributed by atoms with Crippen molar-refractivity contribution in [2.75, 3.05) is 0 Å². The van der Waals surface area contributed by atoms with E-state index in [1.54, 1.807) is 18.2 Å². The molecule has 0 saturated carbocycles. The number of amides is 1. The lowest BCUT2D eigenvalue weighted by Crippen LogP contribution is -2.11. The molecule has 2 rings (SSSR count). The highest BCUT2D eigenvalue weighted by atomic mass is 16.5. The molecule has 0 unspecified atom stereocenters. The molecule has 0 aliphatic carbocycles. The van der Waals surface area contributed by atoms with Gasteiger partial charge in [0.1, 0.15) is 0 Å². The van der Waals surface area contributed by atoms with Gasteiger partial charge in [-0.3, -0.25) is 4.79 Å². The van der Waals surface area contributed by atoms with Crippen molar-refractivity contribution in [2.24, 2.45) is 5.73 Å². The Bertz CT molecular complexity index is 582. The van der Waals surface area contributed by atoms with E-state index >= 15 is 0 Å². The lowest BCUT2D eigenvalue weighted by Gasteiger charge is -2.10. The molecule has 0 saturated heterocycles. The molecular formula is C13H15N3O2. The van der Waals surface area contributed by atoms with Crippen molar-refractivity contribution in [3.05, 3.63) is 35.7 Å². The Morgan fingerprint density at radius 3 is 2.61 bits per heavy atom. The van der Waals surface area contributed by atoms with Crippen molar-refractivity contribution in [3.63, 3.8) is 0 Å². The number of hydrogen-bond acceptors (Lipinski definition) is 4. The van der Waals surface area contributed by atoms with Gasteiger partial charge in [0.25, 0.3) is 0 Å². The van der Waals surface area contributed by atoms with Crippen LogP contribution in [0.4, 0.5) is 0 Å². The second kappa shape index (κ2) is 4.25. The standard InChI is InChI=1S/C13H15N3O2/c1-13(2,3)12-15-11(16-18-12)9-6-4-5-8(7-9)10(14)17/h4-7H,1-3H3,(H2,14,17). The summed E-state index contributed by atoms with van der Waals surface area (Å²) in [4.78, 5) is 15.4. The molecule has 0 aliphatic heterocycles. The van der Waals surface area contributed by atoms with E-state index in [1.807, 2.05) is 26.8 Å². The summed E-state index contributed by atoms with van der Waals surface area (Å²) in [5.74, 6) is 0.543. The largest absolute Gasteiger partial charge is 0.366 e. The minimum atomic E-state index is -0.476. The van der Waals surface area contributed by atoms with Crippen LogP contribution in [0.3, 0.4) is 0 Å². The smallest absolute Gasteiger partial charge is 0.248 e. The fourth-order valence-electron chi connectivity index (χ4n) is 1.46. The fourth-order valence-corrected chi connectivity index (χ4v) is 1.46. The van der Waals surface area contributed by atoms with Crippen LogP contribution >= 0.6 is 0 Å². The maximum Gasteiger partial charge on any atom is 0.248 e. The predicted molar refractivity (Wildman–Crippen MR) is 67.0 cm³/mol. The topological polar surface area (TPSA) is 82.0 Å². The van der Waals surface area contributed by atoms with E-state index in [-0.39, 0.29) is 5.41 Å². The number of aromatic nitrogens is 2. The number of carbonyl (C=O) groups excluding carboxylic acids is 1. The lowest BCUT2D eigenvalue weighted by atomic mass is 9.97. The predicted octanol–water partition coefficient (Wildman–Crippen LogP) is 2.13. The molecular weight excluding hydrogens is 230 g/mol. The van der Waals surface area contributed by atoms with Gasteiger partial charge in [-0.15, -0.1) is 0 Å². The van der Waals surface area contributed by atoms with Gasteiger partial charge in [0.2, 0.25) is 17.6 Å². The van der Waals surface area contributed by atoms with Crippen LogP contribution in [0.5, 0.6) is 0 Å². The second-order valence-corrected chi connectivity index (χ2v) is 5.12. The SMILES string of the molecule is CC(C)(C)c1nc(-c2cccc(C(N)=O)c2)no1. The number of carbonyl (C=O) groups is 1. The van der Waals surface area contributed by atoms with E-state index in [2.05, 4.69) is 10.1 Å². The quantitative estimate of drug-likeness (QED) is 0.878. The van der Waals surface area contributed by atoms with E-state index < -0.39 is 5.91 Å². The molecule has 5 nitrogen and oxygen atoms in total. The number of hydrogen-bond donors (Lipinski definition) is 1. The molecule has 5 heteroatoms. The van der Waals surface area contributed by atoms with E-state index in [0.717, 1.165) is 0 Å². The molecule has 1 aromatic heterocycles. The minimum Gasteiger partial charge on any atom is -0.366 e. The maximum atomic E-state index is 11.1. The Morgan fingerprint density at radius 2 is 2.06 bits per heavy atom. The molecule has 1 amide bonds. The van der Waals surface area contributed by atoms with Gasteiger partial charge in [0, 0.05) is 16.5 Å². The normalized spacial score (nSPS) is 11.5. The van der Waals surface area contributed by atoms with Gasteiger partial charge in [-0.05, 0) is 12.1 Å². The van der Waals surface area contributed by atoms with Crippen molar-refractivity contribution in [1.82, 2.24) is 10.1 Å². The minimum absolute atomic E-state index is 0.202. The average Bonchev–Trinajstić information content (AvgIpc) is 2.78. The first-order valence-electron chi connectivity index (χ1n) is 5.62. The summed E-state index contributed by atoms with van der Waals surface area (Å²) >= 11 is 0. The van der Waals surface area contributed by atoms with E-state index in [0.29, 0.717) is 22.8 Å². The molecule has 0 radical (unpaired) electrons.